The zero-order valence-corrected chi connectivity index (χ0v) is 14.6. The molecule has 0 spiro atoms. The van der Waals surface area contributed by atoms with Crippen molar-refractivity contribution in [2.45, 2.75) is 116 Å². The molecule has 0 heterocycles. The smallest absolute Gasteiger partial charge is 0.108 e. The second-order valence-corrected chi connectivity index (χ2v) is 6.84. The van der Waals surface area contributed by atoms with Crippen molar-refractivity contribution in [2.24, 2.45) is 0 Å². The minimum Gasteiger partial charge on any atom is -0.251 e. The molecule has 0 aromatic heterocycles. The summed E-state index contributed by atoms with van der Waals surface area (Å²) in [7, 11) is 0. The lowest BCUT2D eigenvalue weighted by molar-refractivity contribution is 0.151. The van der Waals surface area contributed by atoms with E-state index in [2.05, 4.69) is 6.92 Å². The van der Waals surface area contributed by atoms with Crippen molar-refractivity contribution in [1.82, 2.24) is 0 Å². The number of halogens is 2. The fourth-order valence-electron chi connectivity index (χ4n) is 2.87. The first-order valence-corrected chi connectivity index (χ1v) is 9.37. The average Bonchev–Trinajstić information content (AvgIpc) is 2.45. The average molecular weight is 305 g/mol. The molecule has 0 amide bonds. The Kier molecular flexibility index (Phi) is 14.7. The van der Waals surface area contributed by atoms with Crippen LogP contribution in [0.1, 0.15) is 110 Å². The monoisotopic (exact) mass is 304 g/mol. The predicted octanol–water partition coefficient (Wildman–Crippen LogP) is 7.56. The van der Waals surface area contributed by atoms with Crippen molar-refractivity contribution in [3.8, 4) is 0 Å². The fraction of sp³-hybridized carbons (Fsp3) is 1.00. The van der Waals surface area contributed by atoms with Gasteiger partial charge in [0, 0.05) is 0 Å². The molecule has 0 saturated heterocycles. The van der Waals surface area contributed by atoms with Crippen LogP contribution in [0, 0.1) is 0 Å². The first kappa shape index (κ1) is 20.9. The van der Waals surface area contributed by atoms with Crippen LogP contribution in [0.3, 0.4) is 0 Å². The predicted molar refractivity (Wildman–Crippen MR) is 90.4 cm³/mol. The van der Waals surface area contributed by atoms with Crippen LogP contribution in [0.4, 0.5) is 8.78 Å². The van der Waals surface area contributed by atoms with Gasteiger partial charge in [0.1, 0.15) is 5.67 Å². The molecule has 128 valence electrons. The maximum Gasteiger partial charge on any atom is 0.108 e. The normalized spacial score (nSPS) is 14.3. The summed E-state index contributed by atoms with van der Waals surface area (Å²) >= 11 is 0. The first-order chi connectivity index (χ1) is 10.1. The summed E-state index contributed by atoms with van der Waals surface area (Å²) < 4.78 is 26.2. The van der Waals surface area contributed by atoms with Gasteiger partial charge in [0.25, 0.3) is 0 Å². The second-order valence-electron chi connectivity index (χ2n) is 6.84. The van der Waals surface area contributed by atoms with Gasteiger partial charge in [0.05, 0.1) is 6.67 Å². The lowest BCUT2D eigenvalue weighted by Gasteiger charge is -2.20. The Labute approximate surface area is 132 Å². The minimum atomic E-state index is -0.951. The molecule has 0 rings (SSSR count). The van der Waals surface area contributed by atoms with Crippen LogP contribution in [-0.2, 0) is 0 Å². The highest BCUT2D eigenvalue weighted by atomic mass is 19.1. The van der Waals surface area contributed by atoms with Crippen LogP contribution in [-0.4, -0.2) is 12.3 Å². The molecular weight excluding hydrogens is 266 g/mol. The van der Waals surface area contributed by atoms with Crippen molar-refractivity contribution in [1.29, 1.82) is 0 Å². The van der Waals surface area contributed by atoms with Gasteiger partial charge in [-0.3, -0.25) is 4.39 Å². The Balaban J connectivity index is 3.32. The number of hydrogen-bond acceptors (Lipinski definition) is 0. The molecule has 0 nitrogen and oxygen atoms in total. The Morgan fingerprint density at radius 2 is 1.00 bits per heavy atom. The zero-order chi connectivity index (χ0) is 15.8. The summed E-state index contributed by atoms with van der Waals surface area (Å²) in [4.78, 5) is 0. The Morgan fingerprint density at radius 3 is 1.43 bits per heavy atom. The Bertz CT molecular complexity index is 202. The van der Waals surface area contributed by atoms with Crippen molar-refractivity contribution in [3.05, 3.63) is 0 Å². The lowest BCUT2D eigenvalue weighted by Crippen LogP contribution is -2.17. The second kappa shape index (κ2) is 14.8. The van der Waals surface area contributed by atoms with E-state index in [1.807, 2.05) is 0 Å². The van der Waals surface area contributed by atoms with Gasteiger partial charge >= 0.3 is 0 Å². The summed E-state index contributed by atoms with van der Waals surface area (Å²) in [5, 5.41) is 0. The van der Waals surface area contributed by atoms with E-state index < -0.39 is 5.67 Å². The van der Waals surface area contributed by atoms with E-state index in [0.29, 0.717) is 0 Å². The topological polar surface area (TPSA) is 0 Å². The summed E-state index contributed by atoms with van der Waals surface area (Å²) in [6.45, 7) is 3.82. The molecule has 0 N–H and O–H groups in total. The van der Waals surface area contributed by atoms with Crippen LogP contribution >= 0.6 is 0 Å². The number of unbranched alkanes of at least 4 members (excludes halogenated alkanes) is 11. The Morgan fingerprint density at radius 1 is 0.619 bits per heavy atom. The number of hydrogen-bond donors (Lipinski definition) is 0. The molecule has 1 unspecified atom stereocenters. The van der Waals surface area contributed by atoms with Crippen LogP contribution in [0.15, 0.2) is 0 Å². The van der Waals surface area contributed by atoms with E-state index in [4.69, 9.17) is 0 Å². The highest BCUT2D eigenvalue weighted by Gasteiger charge is 2.21. The molecular formula is C19H38F2. The third kappa shape index (κ3) is 16.1. The van der Waals surface area contributed by atoms with E-state index in [0.717, 1.165) is 51.4 Å². The molecule has 21 heavy (non-hydrogen) atoms. The van der Waals surface area contributed by atoms with Crippen LogP contribution in [0.5, 0.6) is 0 Å². The molecule has 0 aliphatic rings. The van der Waals surface area contributed by atoms with Crippen LogP contribution < -0.4 is 0 Å². The maximum absolute atomic E-state index is 14.3. The molecule has 1 atom stereocenters. The van der Waals surface area contributed by atoms with E-state index in [1.54, 1.807) is 6.92 Å². The molecule has 0 aliphatic heterocycles. The van der Waals surface area contributed by atoms with Gasteiger partial charge in [0.2, 0.25) is 0 Å². The molecule has 2 heteroatoms. The third-order valence-corrected chi connectivity index (χ3v) is 4.38. The molecule has 0 saturated carbocycles. The molecule has 0 radical (unpaired) electrons. The van der Waals surface area contributed by atoms with Gasteiger partial charge in [-0.25, -0.2) is 4.39 Å². The molecule has 0 fully saturated rings. The van der Waals surface area contributed by atoms with Gasteiger partial charge in [0.15, 0.2) is 0 Å². The largest absolute Gasteiger partial charge is 0.251 e. The number of alkyl halides is 2. The van der Waals surface area contributed by atoms with Gasteiger partial charge in [-0.2, -0.15) is 0 Å². The van der Waals surface area contributed by atoms with Crippen molar-refractivity contribution in [2.75, 3.05) is 6.67 Å². The highest BCUT2D eigenvalue weighted by molar-refractivity contribution is 4.73. The minimum absolute atomic E-state index is 0.173. The van der Waals surface area contributed by atoms with Gasteiger partial charge < -0.3 is 0 Å². The van der Waals surface area contributed by atoms with Crippen molar-refractivity contribution in [3.63, 3.8) is 0 Å². The van der Waals surface area contributed by atoms with Gasteiger partial charge in [-0.15, -0.1) is 0 Å². The molecule has 0 aromatic rings. The van der Waals surface area contributed by atoms with Crippen LogP contribution in [0.2, 0.25) is 0 Å². The third-order valence-electron chi connectivity index (χ3n) is 4.38. The summed E-state index contributed by atoms with van der Waals surface area (Å²) in [5.74, 6) is 0. The van der Waals surface area contributed by atoms with E-state index in [9.17, 15) is 8.78 Å². The van der Waals surface area contributed by atoms with Gasteiger partial charge in [-0.05, 0) is 26.2 Å². The Hall–Kier alpha value is -0.140. The summed E-state index contributed by atoms with van der Waals surface area (Å²) in [6.07, 6.45) is 16.2. The van der Waals surface area contributed by atoms with E-state index in [1.165, 1.54) is 44.9 Å². The summed E-state index contributed by atoms with van der Waals surface area (Å²) in [6, 6.07) is 0. The highest BCUT2D eigenvalue weighted by Crippen LogP contribution is 2.26. The van der Waals surface area contributed by atoms with Gasteiger partial charge in [-0.1, -0.05) is 84.0 Å². The lowest BCUT2D eigenvalue weighted by atomic mass is 9.93. The fourth-order valence-corrected chi connectivity index (χ4v) is 2.87. The standard InChI is InChI=1S/C19H38F2/c1-3-4-5-10-13-16-19(2,21)17-14-11-8-6-7-9-12-15-18-20/h3-18H2,1-2H3. The zero-order valence-electron chi connectivity index (χ0n) is 14.6. The molecule has 0 bridgehead atoms. The SMILES string of the molecule is CCCCCCCC(C)(F)CCCCCCCCCCF. The van der Waals surface area contributed by atoms with E-state index >= 15 is 0 Å². The molecule has 0 aliphatic carbocycles. The van der Waals surface area contributed by atoms with E-state index in [-0.39, 0.29) is 6.67 Å². The van der Waals surface area contributed by atoms with Crippen LogP contribution in [0.25, 0.3) is 0 Å². The molecule has 0 aromatic carbocycles. The maximum atomic E-state index is 14.3. The quantitative estimate of drug-likeness (QED) is 0.258. The number of rotatable bonds is 16. The summed E-state index contributed by atoms with van der Waals surface area (Å²) in [5.41, 5.74) is -0.951. The van der Waals surface area contributed by atoms with Crippen molar-refractivity contribution < 1.29 is 8.78 Å². The van der Waals surface area contributed by atoms with Crippen molar-refractivity contribution >= 4 is 0 Å². The first-order valence-electron chi connectivity index (χ1n) is 9.37.